The fourth-order valence-corrected chi connectivity index (χ4v) is 4.19. The molecule has 1 aliphatic heterocycles. The molecule has 8 nitrogen and oxygen atoms in total. The molecule has 0 spiro atoms. The molecule has 2 aromatic carbocycles. The fraction of sp³-hybridized carbons (Fsp3) is 0.400. The van der Waals surface area contributed by atoms with Crippen LogP contribution in [-0.2, 0) is 11.2 Å². The number of carbonyl (C=O) groups is 1. The highest BCUT2D eigenvalue weighted by Gasteiger charge is 2.19. The summed E-state index contributed by atoms with van der Waals surface area (Å²) in [5, 5.41) is 7.69. The molecule has 0 bridgehead atoms. The second kappa shape index (κ2) is 11.4. The zero-order valence-corrected chi connectivity index (χ0v) is 20.3. The Kier molecular flexibility index (Phi) is 8.03. The Hall–Kier alpha value is -3.10. The number of aromatic nitrogens is 2. The van der Waals surface area contributed by atoms with Gasteiger partial charge in [-0.05, 0) is 55.4 Å². The number of nitrogens with zero attached hydrogens (tertiary/aromatic N) is 4. The monoisotopic (exact) mass is 483 g/mol. The van der Waals surface area contributed by atoms with Crippen molar-refractivity contribution in [3.05, 3.63) is 53.4 Å². The molecule has 0 atom stereocenters. The molecule has 1 N–H and O–H groups in total. The van der Waals surface area contributed by atoms with Gasteiger partial charge in [0, 0.05) is 49.6 Å². The van der Waals surface area contributed by atoms with Gasteiger partial charge in [-0.15, -0.1) is 0 Å². The second-order valence-corrected chi connectivity index (χ2v) is 8.66. The van der Waals surface area contributed by atoms with E-state index in [4.69, 9.17) is 20.9 Å². The number of likely N-dealkylation sites (N-methyl/N-ethyl adjacent to an activating group) is 1. The number of nitrogens with one attached hydrogen (secondary N) is 1. The number of methoxy groups -OCH3 is 1. The Morgan fingerprint density at radius 2 is 1.91 bits per heavy atom. The molecule has 1 aromatic heterocycles. The number of hydrogen-bond donors (Lipinski definition) is 1. The van der Waals surface area contributed by atoms with Crippen molar-refractivity contribution < 1.29 is 14.1 Å². The average molecular weight is 484 g/mol. The van der Waals surface area contributed by atoms with E-state index in [-0.39, 0.29) is 5.91 Å². The molecular weight excluding hydrogens is 454 g/mol. The van der Waals surface area contributed by atoms with Gasteiger partial charge in [-0.3, -0.25) is 4.79 Å². The summed E-state index contributed by atoms with van der Waals surface area (Å²) in [7, 11) is 1.62. The van der Waals surface area contributed by atoms with E-state index in [1.165, 1.54) is 0 Å². The Labute approximate surface area is 204 Å². The highest BCUT2D eigenvalue weighted by atomic mass is 35.5. The van der Waals surface area contributed by atoms with Crippen molar-refractivity contribution in [2.24, 2.45) is 0 Å². The molecule has 4 rings (SSSR count). The number of aryl methyl sites for hydroxylation is 1. The van der Waals surface area contributed by atoms with Crippen molar-refractivity contribution in [2.75, 3.05) is 50.1 Å². The number of rotatable bonds is 9. The van der Waals surface area contributed by atoms with E-state index in [1.807, 2.05) is 42.5 Å². The molecule has 1 saturated heterocycles. The lowest BCUT2D eigenvalue weighted by atomic mass is 10.2. The number of amides is 1. The van der Waals surface area contributed by atoms with Gasteiger partial charge in [0.25, 0.3) is 0 Å². The summed E-state index contributed by atoms with van der Waals surface area (Å²) < 4.78 is 10.5. The lowest BCUT2D eigenvalue weighted by Crippen LogP contribution is -2.46. The molecule has 1 aliphatic rings. The quantitative estimate of drug-likeness (QED) is 0.479. The van der Waals surface area contributed by atoms with Crippen molar-refractivity contribution in [2.45, 2.75) is 26.2 Å². The van der Waals surface area contributed by atoms with Gasteiger partial charge in [0.1, 0.15) is 5.75 Å². The van der Waals surface area contributed by atoms with Gasteiger partial charge in [0.15, 0.2) is 0 Å². The summed E-state index contributed by atoms with van der Waals surface area (Å²) in [5.74, 6) is 1.74. The van der Waals surface area contributed by atoms with Gasteiger partial charge in [-0.25, -0.2) is 0 Å². The maximum absolute atomic E-state index is 12.7. The molecule has 0 radical (unpaired) electrons. The Balaban J connectivity index is 1.31. The number of benzene rings is 2. The Morgan fingerprint density at radius 1 is 1.15 bits per heavy atom. The molecule has 0 aliphatic carbocycles. The number of halogens is 1. The topological polar surface area (TPSA) is 83.7 Å². The Bertz CT molecular complexity index is 1090. The molecular formula is C25H30ClN5O3. The summed E-state index contributed by atoms with van der Waals surface area (Å²) in [6.45, 7) is 7.10. The predicted octanol–water partition coefficient (Wildman–Crippen LogP) is 4.50. The third kappa shape index (κ3) is 6.07. The van der Waals surface area contributed by atoms with Crippen LogP contribution in [0.5, 0.6) is 5.75 Å². The molecule has 1 amide bonds. The van der Waals surface area contributed by atoms with E-state index >= 15 is 0 Å². The third-order valence-electron chi connectivity index (χ3n) is 6.00. The lowest BCUT2D eigenvalue weighted by molar-refractivity contribution is -0.116. The molecule has 0 saturated carbocycles. The maximum atomic E-state index is 12.7. The fourth-order valence-electron chi connectivity index (χ4n) is 4.02. The van der Waals surface area contributed by atoms with Crippen molar-refractivity contribution >= 4 is 28.9 Å². The number of ether oxygens (including phenoxy) is 1. The first-order valence-electron chi connectivity index (χ1n) is 11.6. The van der Waals surface area contributed by atoms with Gasteiger partial charge < -0.3 is 24.4 Å². The van der Waals surface area contributed by atoms with E-state index in [0.717, 1.165) is 55.4 Å². The first-order valence-corrected chi connectivity index (χ1v) is 12.0. The molecule has 2 heterocycles. The van der Waals surface area contributed by atoms with Crippen LogP contribution in [0.4, 0.5) is 11.4 Å². The molecule has 34 heavy (non-hydrogen) atoms. The van der Waals surface area contributed by atoms with Gasteiger partial charge in [-0.2, -0.15) is 4.98 Å². The minimum absolute atomic E-state index is 0.0643. The second-order valence-electron chi connectivity index (χ2n) is 8.22. The SMILES string of the molecule is CCN1CCN(c2ccc(Cl)cc2NC(=O)CCCc2nc(-c3ccc(OC)cc3)no2)CC1. The average Bonchev–Trinajstić information content (AvgIpc) is 3.33. The van der Waals surface area contributed by atoms with Crippen LogP contribution in [0, 0.1) is 0 Å². The first kappa shape index (κ1) is 24.0. The summed E-state index contributed by atoms with van der Waals surface area (Å²) in [6, 6.07) is 13.1. The van der Waals surface area contributed by atoms with E-state index in [9.17, 15) is 4.79 Å². The molecule has 1 fully saturated rings. The lowest BCUT2D eigenvalue weighted by Gasteiger charge is -2.36. The van der Waals surface area contributed by atoms with Crippen molar-refractivity contribution in [1.29, 1.82) is 0 Å². The van der Waals surface area contributed by atoms with Crippen LogP contribution in [0.25, 0.3) is 11.4 Å². The molecule has 3 aromatic rings. The van der Waals surface area contributed by atoms with Gasteiger partial charge in [0.05, 0.1) is 18.5 Å². The van der Waals surface area contributed by atoms with Crippen LogP contribution in [-0.4, -0.2) is 60.8 Å². The van der Waals surface area contributed by atoms with E-state index in [0.29, 0.717) is 36.0 Å². The van der Waals surface area contributed by atoms with Crippen LogP contribution in [0.3, 0.4) is 0 Å². The first-order chi connectivity index (χ1) is 16.6. The van der Waals surface area contributed by atoms with Crippen LogP contribution < -0.4 is 15.0 Å². The smallest absolute Gasteiger partial charge is 0.226 e. The predicted molar refractivity (Wildman–Crippen MR) is 134 cm³/mol. The zero-order valence-electron chi connectivity index (χ0n) is 19.6. The standard InChI is InChI=1S/C25H30ClN5O3/c1-3-30-13-15-31(16-14-30)22-12-9-19(26)17-21(22)27-23(32)5-4-6-24-28-25(29-34-24)18-7-10-20(33-2)11-8-18/h7-12,17H,3-6,13-16H2,1-2H3,(H,27,32). The van der Waals surface area contributed by atoms with Crippen molar-refractivity contribution in [3.8, 4) is 17.1 Å². The highest BCUT2D eigenvalue weighted by molar-refractivity contribution is 6.31. The van der Waals surface area contributed by atoms with E-state index in [2.05, 4.69) is 32.2 Å². The molecule has 9 heteroatoms. The number of anilines is 2. The number of piperazine rings is 1. The van der Waals surface area contributed by atoms with Crippen LogP contribution in [0.2, 0.25) is 5.02 Å². The van der Waals surface area contributed by atoms with E-state index < -0.39 is 0 Å². The van der Waals surface area contributed by atoms with Gasteiger partial charge in [-0.1, -0.05) is 23.7 Å². The minimum Gasteiger partial charge on any atom is -0.497 e. The molecule has 0 unspecified atom stereocenters. The zero-order chi connectivity index (χ0) is 23.9. The van der Waals surface area contributed by atoms with Gasteiger partial charge >= 0.3 is 0 Å². The molecule has 180 valence electrons. The van der Waals surface area contributed by atoms with Crippen LogP contribution >= 0.6 is 11.6 Å². The Morgan fingerprint density at radius 3 is 2.62 bits per heavy atom. The minimum atomic E-state index is -0.0643. The maximum Gasteiger partial charge on any atom is 0.226 e. The largest absolute Gasteiger partial charge is 0.497 e. The summed E-state index contributed by atoms with van der Waals surface area (Å²) in [4.78, 5) is 21.8. The summed E-state index contributed by atoms with van der Waals surface area (Å²) in [5.41, 5.74) is 2.61. The van der Waals surface area contributed by atoms with Gasteiger partial charge in [0.2, 0.25) is 17.6 Å². The van der Waals surface area contributed by atoms with Crippen LogP contribution in [0.15, 0.2) is 47.0 Å². The normalized spacial score (nSPS) is 14.3. The highest BCUT2D eigenvalue weighted by Crippen LogP contribution is 2.30. The third-order valence-corrected chi connectivity index (χ3v) is 6.24. The van der Waals surface area contributed by atoms with Crippen molar-refractivity contribution in [3.63, 3.8) is 0 Å². The number of carbonyl (C=O) groups excluding carboxylic acids is 1. The van der Waals surface area contributed by atoms with E-state index in [1.54, 1.807) is 7.11 Å². The number of hydrogen-bond acceptors (Lipinski definition) is 7. The van der Waals surface area contributed by atoms with Crippen molar-refractivity contribution in [1.82, 2.24) is 15.0 Å². The summed E-state index contributed by atoms with van der Waals surface area (Å²) >= 11 is 6.23. The summed E-state index contributed by atoms with van der Waals surface area (Å²) in [6.07, 6.45) is 1.47. The van der Waals surface area contributed by atoms with Crippen LogP contribution in [0.1, 0.15) is 25.7 Å².